The van der Waals surface area contributed by atoms with Crippen molar-refractivity contribution in [1.82, 2.24) is 14.6 Å². The van der Waals surface area contributed by atoms with Crippen LogP contribution in [0.15, 0.2) is 24.4 Å². The van der Waals surface area contributed by atoms with Crippen molar-refractivity contribution in [3.05, 3.63) is 30.2 Å². The second kappa shape index (κ2) is 2.55. The fourth-order valence-electron chi connectivity index (χ4n) is 1.15. The minimum atomic E-state index is 0.0199. The Morgan fingerprint density at radius 3 is 2.62 bits per heavy atom. The molecule has 0 saturated heterocycles. The van der Waals surface area contributed by atoms with Crippen LogP contribution in [0.5, 0.6) is 0 Å². The van der Waals surface area contributed by atoms with Crippen molar-refractivity contribution in [3.8, 4) is 0 Å². The van der Waals surface area contributed by atoms with E-state index in [9.17, 15) is 0 Å². The molecule has 2 heterocycles. The predicted octanol–water partition coefficient (Wildman–Crippen LogP) is 2.03. The van der Waals surface area contributed by atoms with Gasteiger partial charge in [0.25, 0.3) is 0 Å². The second-order valence-corrected chi connectivity index (χ2v) is 4.19. The standard InChI is InChI=1S/C10H13N3/c1-10(2,3)9-11-8-6-4-5-7-13(8)12-9/h4-7H,1-3H3. The van der Waals surface area contributed by atoms with E-state index in [0.29, 0.717) is 0 Å². The molecular formula is C10H13N3. The number of fused-ring (bicyclic) bond motifs is 1. The average molecular weight is 175 g/mol. The van der Waals surface area contributed by atoms with Gasteiger partial charge in [0.15, 0.2) is 11.5 Å². The third-order valence-electron chi connectivity index (χ3n) is 1.91. The molecule has 0 aromatic carbocycles. The minimum absolute atomic E-state index is 0.0199. The lowest BCUT2D eigenvalue weighted by Gasteiger charge is -2.11. The van der Waals surface area contributed by atoms with E-state index in [1.807, 2.05) is 24.4 Å². The van der Waals surface area contributed by atoms with Gasteiger partial charge in [-0.05, 0) is 12.1 Å². The summed E-state index contributed by atoms with van der Waals surface area (Å²) in [7, 11) is 0. The number of hydrogen-bond donors (Lipinski definition) is 0. The van der Waals surface area contributed by atoms with Gasteiger partial charge < -0.3 is 0 Å². The van der Waals surface area contributed by atoms with Crippen LogP contribution in [0.1, 0.15) is 26.6 Å². The molecule has 0 aliphatic heterocycles. The molecule has 0 amide bonds. The molecule has 0 fully saturated rings. The fourth-order valence-corrected chi connectivity index (χ4v) is 1.15. The summed E-state index contributed by atoms with van der Waals surface area (Å²) in [5.74, 6) is 0.888. The van der Waals surface area contributed by atoms with Crippen LogP contribution < -0.4 is 0 Å². The smallest absolute Gasteiger partial charge is 0.157 e. The van der Waals surface area contributed by atoms with E-state index >= 15 is 0 Å². The largest absolute Gasteiger partial charge is 0.221 e. The molecule has 0 N–H and O–H groups in total. The van der Waals surface area contributed by atoms with E-state index in [1.165, 1.54) is 0 Å². The zero-order valence-corrected chi connectivity index (χ0v) is 8.15. The Hall–Kier alpha value is -1.38. The first-order valence-corrected chi connectivity index (χ1v) is 4.39. The molecule has 0 bridgehead atoms. The van der Waals surface area contributed by atoms with Gasteiger partial charge in [0.1, 0.15) is 0 Å². The molecule has 0 atom stereocenters. The monoisotopic (exact) mass is 175 g/mol. The number of rotatable bonds is 0. The molecule has 3 heteroatoms. The molecule has 2 rings (SSSR count). The van der Waals surface area contributed by atoms with Crippen molar-refractivity contribution in [1.29, 1.82) is 0 Å². The van der Waals surface area contributed by atoms with Gasteiger partial charge in [-0.25, -0.2) is 9.50 Å². The quantitative estimate of drug-likeness (QED) is 0.613. The number of pyridine rings is 1. The van der Waals surface area contributed by atoms with Gasteiger partial charge in [-0.1, -0.05) is 26.8 Å². The Balaban J connectivity index is 2.63. The van der Waals surface area contributed by atoms with Crippen molar-refractivity contribution in [2.45, 2.75) is 26.2 Å². The highest BCUT2D eigenvalue weighted by Crippen LogP contribution is 2.18. The lowest BCUT2D eigenvalue weighted by Crippen LogP contribution is -2.13. The van der Waals surface area contributed by atoms with Crippen LogP contribution in [0.3, 0.4) is 0 Å². The highest BCUT2D eigenvalue weighted by Gasteiger charge is 2.18. The Morgan fingerprint density at radius 1 is 1.23 bits per heavy atom. The normalized spacial score (nSPS) is 12.2. The third-order valence-corrected chi connectivity index (χ3v) is 1.91. The van der Waals surface area contributed by atoms with Gasteiger partial charge in [0.05, 0.1) is 0 Å². The summed E-state index contributed by atoms with van der Waals surface area (Å²) in [6.07, 6.45) is 1.91. The highest BCUT2D eigenvalue weighted by atomic mass is 15.3. The van der Waals surface area contributed by atoms with E-state index < -0.39 is 0 Å². The van der Waals surface area contributed by atoms with Crippen LogP contribution >= 0.6 is 0 Å². The second-order valence-electron chi connectivity index (χ2n) is 4.19. The Kier molecular flexibility index (Phi) is 1.62. The predicted molar refractivity (Wildman–Crippen MR) is 51.7 cm³/mol. The fraction of sp³-hybridized carbons (Fsp3) is 0.400. The summed E-state index contributed by atoms with van der Waals surface area (Å²) in [4.78, 5) is 4.44. The lowest BCUT2D eigenvalue weighted by molar-refractivity contribution is 0.545. The Bertz CT molecular complexity index is 390. The Morgan fingerprint density at radius 2 is 2.00 bits per heavy atom. The Labute approximate surface area is 77.4 Å². The zero-order valence-electron chi connectivity index (χ0n) is 8.15. The third kappa shape index (κ3) is 1.41. The summed E-state index contributed by atoms with van der Waals surface area (Å²) in [6, 6.07) is 5.88. The first-order valence-electron chi connectivity index (χ1n) is 4.39. The van der Waals surface area contributed by atoms with Gasteiger partial charge in [0, 0.05) is 11.6 Å². The van der Waals surface area contributed by atoms with Crippen LogP contribution in [0, 0.1) is 0 Å². The first kappa shape index (κ1) is 8.23. The maximum Gasteiger partial charge on any atom is 0.157 e. The molecule has 68 valence electrons. The molecule has 0 saturated carbocycles. The summed E-state index contributed by atoms with van der Waals surface area (Å²) in [5, 5.41) is 4.39. The van der Waals surface area contributed by atoms with Crippen molar-refractivity contribution in [2.24, 2.45) is 0 Å². The van der Waals surface area contributed by atoms with Gasteiger partial charge in [-0.15, -0.1) is 0 Å². The van der Waals surface area contributed by atoms with Gasteiger partial charge in [-0.2, -0.15) is 5.10 Å². The molecular weight excluding hydrogens is 162 g/mol. The average Bonchev–Trinajstić information content (AvgIpc) is 2.45. The lowest BCUT2D eigenvalue weighted by atomic mass is 9.96. The number of aromatic nitrogens is 3. The van der Waals surface area contributed by atoms with Crippen LogP contribution in [-0.2, 0) is 5.41 Å². The topological polar surface area (TPSA) is 30.2 Å². The molecule has 0 spiro atoms. The molecule has 2 aromatic rings. The summed E-state index contributed by atoms with van der Waals surface area (Å²) < 4.78 is 1.81. The van der Waals surface area contributed by atoms with Crippen LogP contribution in [0.25, 0.3) is 5.65 Å². The number of hydrogen-bond acceptors (Lipinski definition) is 2. The van der Waals surface area contributed by atoms with Gasteiger partial charge >= 0.3 is 0 Å². The molecule has 0 aliphatic carbocycles. The van der Waals surface area contributed by atoms with E-state index in [1.54, 1.807) is 4.52 Å². The van der Waals surface area contributed by atoms with E-state index in [2.05, 4.69) is 30.9 Å². The van der Waals surface area contributed by atoms with Crippen molar-refractivity contribution >= 4 is 5.65 Å². The van der Waals surface area contributed by atoms with Crippen molar-refractivity contribution in [2.75, 3.05) is 0 Å². The zero-order chi connectivity index (χ0) is 9.47. The molecule has 0 unspecified atom stereocenters. The summed E-state index contributed by atoms with van der Waals surface area (Å²) in [6.45, 7) is 6.34. The van der Waals surface area contributed by atoms with Gasteiger partial charge in [0.2, 0.25) is 0 Å². The van der Waals surface area contributed by atoms with E-state index in [-0.39, 0.29) is 5.41 Å². The molecule has 3 nitrogen and oxygen atoms in total. The summed E-state index contributed by atoms with van der Waals surface area (Å²) in [5.41, 5.74) is 0.930. The van der Waals surface area contributed by atoms with Gasteiger partial charge in [-0.3, -0.25) is 0 Å². The molecule has 13 heavy (non-hydrogen) atoms. The SMILES string of the molecule is CC(C)(C)c1nc2ccccn2n1. The highest BCUT2D eigenvalue weighted by molar-refractivity contribution is 5.37. The van der Waals surface area contributed by atoms with Crippen LogP contribution in [0.2, 0.25) is 0 Å². The minimum Gasteiger partial charge on any atom is -0.221 e. The van der Waals surface area contributed by atoms with E-state index in [0.717, 1.165) is 11.5 Å². The van der Waals surface area contributed by atoms with E-state index in [4.69, 9.17) is 0 Å². The molecule has 0 radical (unpaired) electrons. The van der Waals surface area contributed by atoms with Crippen LogP contribution in [0.4, 0.5) is 0 Å². The summed E-state index contributed by atoms with van der Waals surface area (Å²) >= 11 is 0. The van der Waals surface area contributed by atoms with Crippen molar-refractivity contribution < 1.29 is 0 Å². The number of nitrogens with zero attached hydrogens (tertiary/aromatic N) is 3. The maximum absolute atomic E-state index is 4.44. The van der Waals surface area contributed by atoms with Crippen molar-refractivity contribution in [3.63, 3.8) is 0 Å². The van der Waals surface area contributed by atoms with Crippen LogP contribution in [-0.4, -0.2) is 14.6 Å². The molecule has 0 aliphatic rings. The first-order chi connectivity index (χ1) is 6.07. The molecule has 2 aromatic heterocycles. The maximum atomic E-state index is 4.44.